The molecule has 0 aromatic heterocycles. The van der Waals surface area contributed by atoms with E-state index in [0.29, 0.717) is 5.92 Å². The predicted octanol–water partition coefficient (Wildman–Crippen LogP) is 1.45. The van der Waals surface area contributed by atoms with Crippen LogP contribution in [0.25, 0.3) is 0 Å². The largest absolute Gasteiger partial charge is 0.393 e. The minimum Gasteiger partial charge on any atom is -0.393 e. The molecule has 2 heterocycles. The lowest BCUT2D eigenvalue weighted by Gasteiger charge is -2.29. The normalized spacial score (nSPS) is 21.9. The summed E-state index contributed by atoms with van der Waals surface area (Å²) in [6.45, 7) is 11.1. The number of piperidine rings is 1. The topological polar surface area (TPSA) is 78.4 Å². The highest BCUT2D eigenvalue weighted by atomic mass is 127. The Hall–Kier alpha value is -0.160. The summed E-state index contributed by atoms with van der Waals surface area (Å²) in [5.74, 6) is 1.48. The molecule has 0 aliphatic carbocycles. The Bertz CT molecular complexity index is 387. The average Bonchev–Trinajstić information content (AvgIpc) is 3.16. The van der Waals surface area contributed by atoms with Crippen molar-refractivity contribution >= 4 is 29.9 Å². The molecule has 0 spiro atoms. The first-order chi connectivity index (χ1) is 12.8. The highest BCUT2D eigenvalue weighted by Crippen LogP contribution is 2.12. The fourth-order valence-corrected chi connectivity index (χ4v) is 3.32. The monoisotopic (exact) mass is 498 g/mol. The number of guanidine groups is 1. The molecule has 1 atom stereocenters. The summed E-state index contributed by atoms with van der Waals surface area (Å²) in [5.41, 5.74) is 0. The number of aliphatic hydroxyl groups excluding tert-OH is 1. The van der Waals surface area contributed by atoms with Crippen molar-refractivity contribution in [3.8, 4) is 0 Å². The van der Waals surface area contributed by atoms with Gasteiger partial charge in [0.15, 0.2) is 5.96 Å². The van der Waals surface area contributed by atoms with E-state index >= 15 is 0 Å². The van der Waals surface area contributed by atoms with Crippen LogP contribution in [-0.4, -0.2) is 87.8 Å². The molecule has 0 bridgehead atoms. The summed E-state index contributed by atoms with van der Waals surface area (Å²) >= 11 is 0. The zero-order valence-corrected chi connectivity index (χ0v) is 19.2. The number of aliphatic imine (C=N–C) groups is 1. The van der Waals surface area contributed by atoms with Gasteiger partial charge in [-0.3, -0.25) is 4.99 Å². The number of nitrogens with one attached hydrogen (secondary N) is 2. The molecule has 7 nitrogen and oxygen atoms in total. The van der Waals surface area contributed by atoms with Gasteiger partial charge in [-0.1, -0.05) is 0 Å². The summed E-state index contributed by atoms with van der Waals surface area (Å²) < 4.78 is 11.1. The van der Waals surface area contributed by atoms with Crippen LogP contribution in [0.2, 0.25) is 0 Å². The van der Waals surface area contributed by atoms with Crippen molar-refractivity contribution in [2.24, 2.45) is 10.9 Å². The standard InChI is InChI=1S/C19H38N4O3.HI/c1-2-20-19(21-8-3-10-23-11-5-18(24)6-12-23)22-9-4-13-25-15-17-7-14-26-16-17;/h17-18,24H,2-16H2,1H3,(H2,20,21,22);1H. The predicted molar refractivity (Wildman–Crippen MR) is 120 cm³/mol. The van der Waals surface area contributed by atoms with Gasteiger partial charge in [0.2, 0.25) is 0 Å². The molecule has 2 rings (SSSR count). The molecule has 160 valence electrons. The van der Waals surface area contributed by atoms with Crippen LogP contribution < -0.4 is 10.6 Å². The van der Waals surface area contributed by atoms with Crippen molar-refractivity contribution in [3.05, 3.63) is 0 Å². The number of hydrogen-bond acceptors (Lipinski definition) is 5. The van der Waals surface area contributed by atoms with Crippen LogP contribution in [-0.2, 0) is 9.47 Å². The lowest BCUT2D eigenvalue weighted by molar-refractivity contribution is 0.0823. The molecule has 0 radical (unpaired) electrons. The van der Waals surface area contributed by atoms with Gasteiger partial charge in [0, 0.05) is 51.9 Å². The Labute approximate surface area is 181 Å². The maximum atomic E-state index is 9.54. The lowest BCUT2D eigenvalue weighted by Crippen LogP contribution is -2.40. The number of rotatable bonds is 11. The van der Waals surface area contributed by atoms with Gasteiger partial charge < -0.3 is 30.1 Å². The second kappa shape index (κ2) is 15.7. The van der Waals surface area contributed by atoms with Gasteiger partial charge in [-0.15, -0.1) is 24.0 Å². The van der Waals surface area contributed by atoms with Crippen molar-refractivity contribution in [1.29, 1.82) is 0 Å². The zero-order valence-electron chi connectivity index (χ0n) is 16.8. The second-order valence-corrected chi connectivity index (χ2v) is 7.27. The Morgan fingerprint density at radius 3 is 2.74 bits per heavy atom. The molecule has 2 aliphatic rings. The van der Waals surface area contributed by atoms with Crippen molar-refractivity contribution < 1.29 is 14.6 Å². The molecular formula is C19H39IN4O3. The molecule has 27 heavy (non-hydrogen) atoms. The van der Waals surface area contributed by atoms with Crippen molar-refractivity contribution in [2.45, 2.75) is 45.1 Å². The van der Waals surface area contributed by atoms with Gasteiger partial charge in [0.25, 0.3) is 0 Å². The van der Waals surface area contributed by atoms with Crippen LogP contribution in [0.1, 0.15) is 39.0 Å². The van der Waals surface area contributed by atoms with Crippen LogP contribution in [0.3, 0.4) is 0 Å². The minimum atomic E-state index is -0.0904. The van der Waals surface area contributed by atoms with Crippen molar-refractivity contribution in [1.82, 2.24) is 15.5 Å². The van der Waals surface area contributed by atoms with E-state index in [1.165, 1.54) is 0 Å². The van der Waals surface area contributed by atoms with Gasteiger partial charge in [-0.05, 0) is 45.6 Å². The van der Waals surface area contributed by atoms with Crippen molar-refractivity contribution in [3.63, 3.8) is 0 Å². The molecule has 0 aromatic carbocycles. The molecule has 8 heteroatoms. The summed E-state index contributed by atoms with van der Waals surface area (Å²) in [4.78, 5) is 7.06. The summed E-state index contributed by atoms with van der Waals surface area (Å²) in [6, 6.07) is 0. The van der Waals surface area contributed by atoms with E-state index in [9.17, 15) is 5.11 Å². The average molecular weight is 498 g/mol. The lowest BCUT2D eigenvalue weighted by atomic mass is 10.1. The smallest absolute Gasteiger partial charge is 0.191 e. The molecule has 0 saturated carbocycles. The van der Waals surface area contributed by atoms with Crippen LogP contribution >= 0.6 is 24.0 Å². The fourth-order valence-electron chi connectivity index (χ4n) is 3.32. The van der Waals surface area contributed by atoms with Gasteiger partial charge in [-0.2, -0.15) is 0 Å². The number of ether oxygens (including phenoxy) is 2. The molecule has 2 fully saturated rings. The number of halogens is 1. The molecule has 0 amide bonds. The van der Waals surface area contributed by atoms with Crippen LogP contribution in [0.15, 0.2) is 4.99 Å². The van der Waals surface area contributed by atoms with Crippen LogP contribution in [0.4, 0.5) is 0 Å². The highest BCUT2D eigenvalue weighted by molar-refractivity contribution is 14.0. The van der Waals surface area contributed by atoms with E-state index in [-0.39, 0.29) is 30.1 Å². The Kier molecular flexibility index (Phi) is 14.5. The van der Waals surface area contributed by atoms with Gasteiger partial charge in [0.05, 0.1) is 19.3 Å². The summed E-state index contributed by atoms with van der Waals surface area (Å²) in [6.07, 6.45) is 4.89. The third-order valence-electron chi connectivity index (χ3n) is 4.94. The maximum Gasteiger partial charge on any atom is 0.191 e. The Morgan fingerprint density at radius 2 is 2.04 bits per heavy atom. The summed E-state index contributed by atoms with van der Waals surface area (Å²) in [5, 5.41) is 16.3. The first kappa shape index (κ1) is 24.9. The number of likely N-dealkylation sites (tertiary alicyclic amines) is 1. The number of hydrogen-bond donors (Lipinski definition) is 3. The SMILES string of the molecule is CCNC(=NCCCOCC1CCOC1)NCCCN1CCC(O)CC1.I. The second-order valence-electron chi connectivity index (χ2n) is 7.27. The van der Waals surface area contributed by atoms with E-state index in [1.807, 2.05) is 0 Å². The molecule has 2 aliphatic heterocycles. The quantitative estimate of drug-likeness (QED) is 0.173. The first-order valence-electron chi connectivity index (χ1n) is 10.4. The van der Waals surface area contributed by atoms with E-state index in [2.05, 4.69) is 27.4 Å². The molecule has 0 aromatic rings. The van der Waals surface area contributed by atoms with Crippen LogP contribution in [0, 0.1) is 5.92 Å². The van der Waals surface area contributed by atoms with E-state index < -0.39 is 0 Å². The zero-order chi connectivity index (χ0) is 18.5. The highest BCUT2D eigenvalue weighted by Gasteiger charge is 2.16. The van der Waals surface area contributed by atoms with E-state index in [1.54, 1.807) is 0 Å². The van der Waals surface area contributed by atoms with Crippen molar-refractivity contribution in [2.75, 3.05) is 65.7 Å². The fraction of sp³-hybridized carbons (Fsp3) is 0.947. The number of aliphatic hydroxyl groups is 1. The van der Waals surface area contributed by atoms with Gasteiger partial charge >= 0.3 is 0 Å². The van der Waals surface area contributed by atoms with E-state index in [0.717, 1.165) is 104 Å². The van der Waals surface area contributed by atoms with E-state index in [4.69, 9.17) is 9.47 Å². The molecule has 1 unspecified atom stereocenters. The minimum absolute atomic E-state index is 0. The molecule has 3 N–H and O–H groups in total. The van der Waals surface area contributed by atoms with Gasteiger partial charge in [-0.25, -0.2) is 0 Å². The third-order valence-corrected chi connectivity index (χ3v) is 4.94. The maximum absolute atomic E-state index is 9.54. The third kappa shape index (κ3) is 11.4. The molecular weight excluding hydrogens is 459 g/mol. The number of nitrogens with zero attached hydrogens (tertiary/aromatic N) is 2. The molecule has 2 saturated heterocycles. The van der Waals surface area contributed by atoms with Crippen LogP contribution in [0.5, 0.6) is 0 Å². The Morgan fingerprint density at radius 1 is 1.22 bits per heavy atom. The summed E-state index contributed by atoms with van der Waals surface area (Å²) in [7, 11) is 0. The first-order valence-corrected chi connectivity index (χ1v) is 10.4. The Balaban J connectivity index is 0.00000364. The van der Waals surface area contributed by atoms with Gasteiger partial charge in [0.1, 0.15) is 0 Å².